The summed E-state index contributed by atoms with van der Waals surface area (Å²) in [4.78, 5) is 118. The van der Waals surface area contributed by atoms with E-state index in [-0.39, 0.29) is 37.9 Å². The van der Waals surface area contributed by atoms with Gasteiger partial charge in [0.1, 0.15) is 30.0 Å². The predicted molar refractivity (Wildman–Crippen MR) is 207 cm³/mol. The molecule has 0 rings (SSSR count). The van der Waals surface area contributed by atoms with Crippen LogP contribution in [-0.2, 0) is 47.9 Å². The minimum Gasteiger partial charge on any atom is -0.481 e. The number of aliphatic carboxylic acids is 5. The Kier molecular flexibility index (Phi) is 29.1. The lowest BCUT2D eigenvalue weighted by molar-refractivity contribution is -0.144. The second kappa shape index (κ2) is 31.9. The van der Waals surface area contributed by atoms with Crippen molar-refractivity contribution in [2.24, 2.45) is 0 Å². The Morgan fingerprint density at radius 1 is 0.328 bits per heavy atom. The molecule has 58 heavy (non-hydrogen) atoms. The summed E-state index contributed by atoms with van der Waals surface area (Å²) < 4.78 is 0. The summed E-state index contributed by atoms with van der Waals surface area (Å²) in [5, 5.41) is 55.4. The van der Waals surface area contributed by atoms with Gasteiger partial charge in [-0.25, -0.2) is 19.2 Å². The van der Waals surface area contributed by atoms with E-state index in [1.54, 1.807) is 0 Å². The van der Waals surface area contributed by atoms with E-state index in [2.05, 4.69) is 21.3 Å². The van der Waals surface area contributed by atoms with E-state index >= 15 is 0 Å². The normalized spacial score (nSPS) is 12.9. The zero-order valence-electron chi connectivity index (χ0n) is 33.6. The largest absolute Gasteiger partial charge is 0.481 e. The van der Waals surface area contributed by atoms with E-state index in [1.165, 1.54) is 26.2 Å². The summed E-state index contributed by atoms with van der Waals surface area (Å²) in [6.45, 7) is 1.25. The van der Waals surface area contributed by atoms with E-state index in [4.69, 9.17) is 5.11 Å². The van der Waals surface area contributed by atoms with Crippen LogP contribution < -0.4 is 21.3 Å². The van der Waals surface area contributed by atoms with Gasteiger partial charge in [0.05, 0.1) is 0 Å². The van der Waals surface area contributed by atoms with Crippen molar-refractivity contribution < 1.29 is 73.5 Å². The Bertz CT molecular complexity index is 1360. The van der Waals surface area contributed by atoms with Crippen LogP contribution in [0.5, 0.6) is 0 Å². The smallest absolute Gasteiger partial charge is 0.326 e. The van der Waals surface area contributed by atoms with Crippen molar-refractivity contribution in [2.75, 3.05) is 0 Å². The van der Waals surface area contributed by atoms with E-state index in [0.717, 1.165) is 64.2 Å². The molecule has 0 aromatic carbocycles. The molecule has 0 aliphatic rings. The van der Waals surface area contributed by atoms with Crippen molar-refractivity contribution in [1.29, 1.82) is 0 Å². The van der Waals surface area contributed by atoms with Gasteiger partial charge in [0.15, 0.2) is 0 Å². The fourth-order valence-corrected chi connectivity index (χ4v) is 5.95. The van der Waals surface area contributed by atoms with Crippen LogP contribution in [0.4, 0.5) is 0 Å². The Hall–Kier alpha value is -5.10. The quantitative estimate of drug-likeness (QED) is 0.0406. The maximum absolute atomic E-state index is 12.5. The number of hydrogen-bond acceptors (Lipinski definition) is 10. The second-order valence-corrected chi connectivity index (χ2v) is 14.5. The SMILES string of the molecule is CC(=O)CC[C@H](NC(=O)CC[C@H](NC(=O)CC[C@H](NC(=O)CC[C@H](NC(=O)CCCCCCCCCCCCCCCCC(=O)O)C(=O)O)C(=O)O)C(=O)O)C(=O)O. The number of ketones is 1. The van der Waals surface area contributed by atoms with Crippen LogP contribution in [0.25, 0.3) is 0 Å². The molecule has 0 fully saturated rings. The Labute approximate surface area is 338 Å². The molecule has 0 spiro atoms. The van der Waals surface area contributed by atoms with E-state index in [9.17, 15) is 68.4 Å². The van der Waals surface area contributed by atoms with Gasteiger partial charge >= 0.3 is 29.8 Å². The summed E-state index contributed by atoms with van der Waals surface area (Å²) in [6, 6.07) is -5.94. The van der Waals surface area contributed by atoms with Gasteiger partial charge in [-0.1, -0.05) is 77.0 Å². The highest BCUT2D eigenvalue weighted by molar-refractivity contribution is 5.88. The van der Waals surface area contributed by atoms with Crippen molar-refractivity contribution in [3.63, 3.8) is 0 Å². The third-order valence-electron chi connectivity index (χ3n) is 9.34. The molecular formula is C39H64N4O15. The van der Waals surface area contributed by atoms with Crippen molar-refractivity contribution in [3.8, 4) is 0 Å². The molecule has 0 saturated heterocycles. The van der Waals surface area contributed by atoms with E-state index in [1.807, 2.05) is 0 Å². The van der Waals surface area contributed by atoms with Gasteiger partial charge < -0.3 is 51.6 Å². The minimum absolute atomic E-state index is 0.100. The van der Waals surface area contributed by atoms with Gasteiger partial charge in [-0.05, 0) is 45.4 Å². The van der Waals surface area contributed by atoms with Crippen molar-refractivity contribution in [2.45, 2.75) is 185 Å². The monoisotopic (exact) mass is 828 g/mol. The molecule has 0 aromatic heterocycles. The minimum atomic E-state index is -1.59. The first-order chi connectivity index (χ1) is 27.4. The zero-order chi connectivity index (χ0) is 43.9. The molecule has 330 valence electrons. The number of carboxylic acid groups (broad SMARTS) is 5. The summed E-state index contributed by atoms with van der Waals surface area (Å²) in [6.07, 6.45) is 11.5. The first-order valence-electron chi connectivity index (χ1n) is 20.2. The third-order valence-corrected chi connectivity index (χ3v) is 9.34. The molecule has 19 heteroatoms. The molecule has 4 amide bonds. The average Bonchev–Trinajstić information content (AvgIpc) is 3.14. The first kappa shape index (κ1) is 52.9. The topological polar surface area (TPSA) is 320 Å². The van der Waals surface area contributed by atoms with Crippen LogP contribution in [0, 0.1) is 0 Å². The number of carboxylic acids is 5. The Morgan fingerprint density at radius 2 is 0.552 bits per heavy atom. The van der Waals surface area contributed by atoms with E-state index in [0.29, 0.717) is 6.42 Å². The molecule has 0 bridgehead atoms. The van der Waals surface area contributed by atoms with Gasteiger partial charge in [0.25, 0.3) is 0 Å². The number of Topliss-reactive ketones (excluding diaryl/α,β-unsaturated/α-hetero) is 1. The highest BCUT2D eigenvalue weighted by Crippen LogP contribution is 2.14. The number of amides is 4. The first-order valence-corrected chi connectivity index (χ1v) is 20.2. The van der Waals surface area contributed by atoms with Gasteiger partial charge in [-0.3, -0.25) is 24.0 Å². The summed E-state index contributed by atoms with van der Waals surface area (Å²) in [7, 11) is 0. The molecule has 0 aliphatic heterocycles. The van der Waals surface area contributed by atoms with Gasteiger partial charge in [0.2, 0.25) is 23.6 Å². The van der Waals surface area contributed by atoms with Crippen LogP contribution >= 0.6 is 0 Å². The van der Waals surface area contributed by atoms with Gasteiger partial charge in [-0.15, -0.1) is 0 Å². The Balaban J connectivity index is 4.47. The fourth-order valence-electron chi connectivity index (χ4n) is 5.95. The summed E-state index contributed by atoms with van der Waals surface area (Å²) in [5.74, 6) is -9.88. The van der Waals surface area contributed by atoms with Crippen LogP contribution in [0.15, 0.2) is 0 Å². The third kappa shape index (κ3) is 29.2. The molecule has 19 nitrogen and oxygen atoms in total. The molecule has 0 saturated carbocycles. The number of nitrogens with one attached hydrogen (secondary N) is 4. The predicted octanol–water partition coefficient (Wildman–Crippen LogP) is 3.30. The average molecular weight is 829 g/mol. The molecule has 0 radical (unpaired) electrons. The van der Waals surface area contributed by atoms with Gasteiger partial charge in [0, 0.05) is 38.5 Å². The second-order valence-electron chi connectivity index (χ2n) is 14.5. The van der Waals surface area contributed by atoms with Crippen LogP contribution in [0.3, 0.4) is 0 Å². The summed E-state index contributed by atoms with van der Waals surface area (Å²) >= 11 is 0. The van der Waals surface area contributed by atoms with Crippen LogP contribution in [0.1, 0.15) is 161 Å². The maximum atomic E-state index is 12.5. The van der Waals surface area contributed by atoms with Crippen molar-refractivity contribution in [3.05, 3.63) is 0 Å². The number of carbonyl (C=O) groups excluding carboxylic acids is 5. The number of carbonyl (C=O) groups is 10. The summed E-state index contributed by atoms with van der Waals surface area (Å²) in [5.41, 5.74) is 0. The molecule has 0 aromatic rings. The standard InChI is InChI=1S/C39H64N4O15/c1-26(44)18-19-27(36(51)52)41-32(46)24-21-29(38(55)56)43-34(48)25-22-30(39(57)58)42-33(47)23-20-28(37(53)54)40-31(45)16-14-12-10-8-6-4-2-3-5-7-9-11-13-15-17-35(49)50/h27-30H,2-25H2,1H3,(H,40,45)(H,41,46)(H,42,47)(H,43,48)(H,49,50)(H,51,52)(H,53,54)(H,55,56)(H,57,58)/t27-,28-,29-,30-/m0/s1. The lowest BCUT2D eigenvalue weighted by Gasteiger charge is -2.18. The number of unbranched alkanes of at least 4 members (excludes halogenated alkanes) is 13. The molecular weight excluding hydrogens is 764 g/mol. The van der Waals surface area contributed by atoms with E-state index < -0.39 is 110 Å². The van der Waals surface area contributed by atoms with Crippen molar-refractivity contribution in [1.82, 2.24) is 21.3 Å². The number of hydrogen-bond donors (Lipinski definition) is 9. The Morgan fingerprint density at radius 3 is 0.793 bits per heavy atom. The molecule has 4 atom stereocenters. The highest BCUT2D eigenvalue weighted by atomic mass is 16.4. The maximum Gasteiger partial charge on any atom is 0.326 e. The molecule has 0 unspecified atom stereocenters. The highest BCUT2D eigenvalue weighted by Gasteiger charge is 2.27. The molecule has 0 heterocycles. The zero-order valence-corrected chi connectivity index (χ0v) is 33.6. The lowest BCUT2D eigenvalue weighted by Crippen LogP contribution is -2.45. The number of rotatable bonds is 37. The van der Waals surface area contributed by atoms with Crippen LogP contribution in [0.2, 0.25) is 0 Å². The van der Waals surface area contributed by atoms with Gasteiger partial charge in [-0.2, -0.15) is 0 Å². The molecule has 9 N–H and O–H groups in total. The lowest BCUT2D eigenvalue weighted by atomic mass is 10.0. The molecule has 0 aliphatic carbocycles. The fraction of sp³-hybridized carbons (Fsp3) is 0.744. The van der Waals surface area contributed by atoms with Crippen LogP contribution in [-0.4, -0.2) is 109 Å². The van der Waals surface area contributed by atoms with Crippen molar-refractivity contribution >= 4 is 59.3 Å².